The number of fused-ring (bicyclic) bond motifs is 3. The molecule has 0 saturated heterocycles. The lowest BCUT2D eigenvalue weighted by atomic mass is 9.81. The van der Waals surface area contributed by atoms with Crippen molar-refractivity contribution in [1.29, 1.82) is 0 Å². The summed E-state index contributed by atoms with van der Waals surface area (Å²) in [5.74, 6) is -2.18. The Morgan fingerprint density at radius 2 is 2.08 bits per heavy atom. The highest BCUT2D eigenvalue weighted by atomic mass is 19.3. The Labute approximate surface area is 147 Å². The predicted octanol–water partition coefficient (Wildman–Crippen LogP) is 3.60. The fourth-order valence-corrected chi connectivity index (χ4v) is 3.68. The summed E-state index contributed by atoms with van der Waals surface area (Å²) < 4.78 is 27.8. The van der Waals surface area contributed by atoms with Crippen LogP contribution < -0.4 is 5.73 Å². The molecular weight excluding hydrogens is 338 g/mol. The van der Waals surface area contributed by atoms with Crippen LogP contribution in [0.4, 0.5) is 14.6 Å². The molecule has 1 aliphatic rings. The van der Waals surface area contributed by atoms with Crippen LogP contribution in [0, 0.1) is 5.92 Å². The van der Waals surface area contributed by atoms with Crippen LogP contribution in [-0.4, -0.2) is 30.9 Å². The molecule has 0 amide bonds. The van der Waals surface area contributed by atoms with Crippen LogP contribution in [0.15, 0.2) is 36.7 Å². The molecule has 5 rings (SSSR count). The highest BCUT2D eigenvalue weighted by Gasteiger charge is 2.45. The van der Waals surface area contributed by atoms with E-state index in [0.717, 1.165) is 33.1 Å². The number of H-pyrrole nitrogens is 1. The van der Waals surface area contributed by atoms with Crippen LogP contribution in [0.25, 0.3) is 33.1 Å². The smallest absolute Gasteiger partial charge is 0.248 e. The number of aromatic nitrogens is 5. The van der Waals surface area contributed by atoms with Crippen LogP contribution >= 0.6 is 0 Å². The van der Waals surface area contributed by atoms with Crippen molar-refractivity contribution in [2.45, 2.75) is 25.3 Å². The second-order valence-electron chi connectivity index (χ2n) is 6.94. The number of nitrogens with two attached hydrogens (primary N) is 1. The maximum Gasteiger partial charge on any atom is 0.248 e. The van der Waals surface area contributed by atoms with Crippen LogP contribution in [-0.2, 0) is 6.54 Å². The number of pyridine rings is 1. The molecule has 1 saturated carbocycles. The minimum atomic E-state index is -2.52. The normalized spacial score (nSPS) is 17.0. The lowest BCUT2D eigenvalue weighted by Crippen LogP contribution is -2.37. The first-order valence-corrected chi connectivity index (χ1v) is 8.42. The first kappa shape index (κ1) is 15.2. The number of hydrogen-bond donors (Lipinski definition) is 2. The fourth-order valence-electron chi connectivity index (χ4n) is 3.68. The number of nitrogens with one attached hydrogen (secondary N) is 1. The van der Waals surface area contributed by atoms with Crippen LogP contribution in [0.5, 0.6) is 0 Å². The molecule has 1 aliphatic carbocycles. The van der Waals surface area contributed by atoms with E-state index < -0.39 is 5.92 Å². The summed E-state index contributed by atoms with van der Waals surface area (Å²) in [5, 5.41) is 13.1. The second-order valence-corrected chi connectivity index (χ2v) is 6.94. The number of aromatic amines is 1. The summed E-state index contributed by atoms with van der Waals surface area (Å²) in [5.41, 5.74) is 9.45. The molecule has 0 radical (unpaired) electrons. The molecule has 1 aromatic carbocycles. The predicted molar refractivity (Wildman–Crippen MR) is 94.7 cm³/mol. The van der Waals surface area contributed by atoms with Gasteiger partial charge in [-0.1, -0.05) is 6.07 Å². The monoisotopic (exact) mass is 354 g/mol. The Bertz CT molecular complexity index is 1110. The topological polar surface area (TPSA) is 85.4 Å². The highest BCUT2D eigenvalue weighted by Crippen LogP contribution is 2.43. The molecule has 26 heavy (non-hydrogen) atoms. The van der Waals surface area contributed by atoms with E-state index in [0.29, 0.717) is 12.4 Å². The number of alkyl halides is 2. The van der Waals surface area contributed by atoms with E-state index in [-0.39, 0.29) is 18.8 Å². The zero-order valence-corrected chi connectivity index (χ0v) is 13.8. The number of benzene rings is 1. The molecule has 0 aliphatic heterocycles. The van der Waals surface area contributed by atoms with Crippen molar-refractivity contribution >= 4 is 27.6 Å². The third-order valence-electron chi connectivity index (χ3n) is 4.96. The van der Waals surface area contributed by atoms with Gasteiger partial charge in [-0.3, -0.25) is 9.78 Å². The zero-order valence-electron chi connectivity index (χ0n) is 13.8. The van der Waals surface area contributed by atoms with Gasteiger partial charge < -0.3 is 5.73 Å². The van der Waals surface area contributed by atoms with E-state index in [1.54, 1.807) is 17.1 Å². The number of nitrogens with zero attached hydrogens (tertiary/aromatic N) is 4. The lowest BCUT2D eigenvalue weighted by Gasteiger charge is -2.34. The van der Waals surface area contributed by atoms with Crippen molar-refractivity contribution in [3.63, 3.8) is 0 Å². The van der Waals surface area contributed by atoms with Crippen molar-refractivity contribution in [1.82, 2.24) is 25.0 Å². The minimum Gasteiger partial charge on any atom is -0.383 e. The molecule has 0 unspecified atom stereocenters. The van der Waals surface area contributed by atoms with Gasteiger partial charge in [0, 0.05) is 42.7 Å². The third kappa shape index (κ3) is 2.40. The zero-order chi connectivity index (χ0) is 17.9. The Balaban J connectivity index is 1.56. The van der Waals surface area contributed by atoms with E-state index in [9.17, 15) is 8.78 Å². The van der Waals surface area contributed by atoms with Crippen molar-refractivity contribution in [3.8, 4) is 11.3 Å². The summed E-state index contributed by atoms with van der Waals surface area (Å²) in [6.07, 6.45) is 3.34. The SMILES string of the molecule is Nc1nc2cc(-c3ccn[nH]3)ccc2c2nn(CC3CC(F)(F)C3)cc12. The molecule has 6 nitrogen and oxygen atoms in total. The summed E-state index contributed by atoms with van der Waals surface area (Å²) in [6, 6.07) is 7.74. The maximum atomic E-state index is 13.1. The molecule has 0 spiro atoms. The Morgan fingerprint density at radius 3 is 2.81 bits per heavy atom. The molecule has 4 aromatic rings. The van der Waals surface area contributed by atoms with Crippen molar-refractivity contribution in [2.24, 2.45) is 5.92 Å². The molecule has 3 N–H and O–H groups in total. The van der Waals surface area contributed by atoms with Gasteiger partial charge in [-0.2, -0.15) is 10.2 Å². The molecule has 1 fully saturated rings. The molecule has 0 bridgehead atoms. The summed E-state index contributed by atoms with van der Waals surface area (Å²) in [6.45, 7) is 0.470. The standard InChI is InChI=1S/C18H16F2N6/c19-18(20)6-10(7-18)8-26-9-13-16(25-26)12-2-1-11(14-3-4-22-24-14)5-15(12)23-17(13)21/h1-5,9-10H,6-8H2,(H2,21,23)(H,22,24). The van der Waals surface area contributed by atoms with Crippen LogP contribution in [0.1, 0.15) is 12.8 Å². The largest absolute Gasteiger partial charge is 0.383 e. The van der Waals surface area contributed by atoms with Gasteiger partial charge in [0.2, 0.25) is 5.92 Å². The molecular formula is C18H16F2N6. The van der Waals surface area contributed by atoms with Gasteiger partial charge in [0.05, 0.1) is 16.6 Å². The Hall–Kier alpha value is -3.03. The lowest BCUT2D eigenvalue weighted by molar-refractivity contribution is -0.114. The second kappa shape index (κ2) is 5.23. The number of rotatable bonds is 3. The van der Waals surface area contributed by atoms with Crippen LogP contribution in [0.2, 0.25) is 0 Å². The molecule has 3 heterocycles. The highest BCUT2D eigenvalue weighted by molar-refractivity contribution is 6.08. The van der Waals surface area contributed by atoms with E-state index in [1.807, 2.05) is 24.3 Å². The summed E-state index contributed by atoms with van der Waals surface area (Å²) in [7, 11) is 0. The number of hydrogen-bond acceptors (Lipinski definition) is 4. The van der Waals surface area contributed by atoms with E-state index in [2.05, 4.69) is 20.3 Å². The van der Waals surface area contributed by atoms with E-state index in [4.69, 9.17) is 5.73 Å². The minimum absolute atomic E-state index is 0.0493. The first-order chi connectivity index (χ1) is 12.5. The van der Waals surface area contributed by atoms with Crippen molar-refractivity contribution < 1.29 is 8.78 Å². The number of halogens is 2. The van der Waals surface area contributed by atoms with Gasteiger partial charge in [-0.25, -0.2) is 13.8 Å². The van der Waals surface area contributed by atoms with Crippen molar-refractivity contribution in [2.75, 3.05) is 5.73 Å². The van der Waals surface area contributed by atoms with Gasteiger partial charge in [-0.05, 0) is 24.1 Å². The van der Waals surface area contributed by atoms with E-state index in [1.165, 1.54) is 0 Å². The van der Waals surface area contributed by atoms with Crippen molar-refractivity contribution in [3.05, 3.63) is 36.7 Å². The third-order valence-corrected chi connectivity index (χ3v) is 4.96. The molecule has 132 valence electrons. The number of anilines is 1. The van der Waals surface area contributed by atoms with Gasteiger partial charge >= 0.3 is 0 Å². The van der Waals surface area contributed by atoms with Gasteiger partial charge in [0.1, 0.15) is 11.3 Å². The maximum absolute atomic E-state index is 13.1. The first-order valence-electron chi connectivity index (χ1n) is 8.42. The van der Waals surface area contributed by atoms with Crippen LogP contribution in [0.3, 0.4) is 0 Å². The number of nitrogen functional groups attached to an aromatic ring is 1. The molecule has 0 atom stereocenters. The fraction of sp³-hybridized carbons (Fsp3) is 0.278. The summed E-state index contributed by atoms with van der Waals surface area (Å²) in [4.78, 5) is 4.49. The van der Waals surface area contributed by atoms with Gasteiger partial charge in [0.15, 0.2) is 0 Å². The van der Waals surface area contributed by atoms with Gasteiger partial charge in [-0.15, -0.1) is 0 Å². The van der Waals surface area contributed by atoms with E-state index >= 15 is 0 Å². The quantitative estimate of drug-likeness (QED) is 0.589. The average molecular weight is 354 g/mol. The molecule has 3 aromatic heterocycles. The Morgan fingerprint density at radius 1 is 1.23 bits per heavy atom. The molecule has 8 heteroatoms. The van der Waals surface area contributed by atoms with Gasteiger partial charge in [0.25, 0.3) is 0 Å². The summed E-state index contributed by atoms with van der Waals surface area (Å²) >= 11 is 0. The average Bonchev–Trinajstić information content (AvgIpc) is 3.22. The Kier molecular flexibility index (Phi) is 3.07.